The smallest absolute Gasteiger partial charge is 0.250 e. The van der Waals surface area contributed by atoms with Gasteiger partial charge in [0.05, 0.1) is 13.5 Å². The molecule has 3 heterocycles. The Morgan fingerprint density at radius 3 is 2.40 bits per heavy atom. The first-order valence-electron chi connectivity index (χ1n) is 11.9. The molecular formula is C28H29N3O4. The summed E-state index contributed by atoms with van der Waals surface area (Å²) in [5.41, 5.74) is 4.70. The Hall–Kier alpha value is -3.87. The van der Waals surface area contributed by atoms with Gasteiger partial charge in [0.1, 0.15) is 5.75 Å². The van der Waals surface area contributed by atoms with Gasteiger partial charge in [-0.1, -0.05) is 24.3 Å². The number of likely N-dealkylation sites (tertiary alicyclic amines) is 1. The Labute approximate surface area is 204 Å². The predicted molar refractivity (Wildman–Crippen MR) is 135 cm³/mol. The van der Waals surface area contributed by atoms with Crippen molar-refractivity contribution in [3.05, 3.63) is 82.3 Å². The van der Waals surface area contributed by atoms with Crippen LogP contribution in [0.5, 0.6) is 5.75 Å². The molecule has 0 saturated carbocycles. The third-order valence-electron chi connectivity index (χ3n) is 6.97. The van der Waals surface area contributed by atoms with Gasteiger partial charge in [0.15, 0.2) is 0 Å². The number of aromatic nitrogens is 1. The van der Waals surface area contributed by atoms with Gasteiger partial charge in [-0.2, -0.15) is 0 Å². The molecule has 2 amide bonds. The number of nitrogens with one attached hydrogen (secondary N) is 1. The van der Waals surface area contributed by atoms with E-state index in [-0.39, 0.29) is 29.2 Å². The number of carbonyl (C=O) groups excluding carboxylic acids is 2. The van der Waals surface area contributed by atoms with Gasteiger partial charge in [-0.15, -0.1) is 0 Å². The highest BCUT2D eigenvalue weighted by atomic mass is 16.5. The molecule has 0 aliphatic carbocycles. The number of carbonyl (C=O) groups is 2. The summed E-state index contributed by atoms with van der Waals surface area (Å²) in [7, 11) is 1.63. The van der Waals surface area contributed by atoms with Crippen LogP contribution in [0.2, 0.25) is 0 Å². The summed E-state index contributed by atoms with van der Waals surface area (Å²) >= 11 is 0. The lowest BCUT2D eigenvalue weighted by Crippen LogP contribution is -2.49. The van der Waals surface area contributed by atoms with Gasteiger partial charge in [-0.25, -0.2) is 0 Å². The summed E-state index contributed by atoms with van der Waals surface area (Å²) in [5, 5.41) is 2.79. The van der Waals surface area contributed by atoms with E-state index in [1.807, 2.05) is 64.1 Å². The number of hydrogen-bond acceptors (Lipinski definition) is 4. The molecular weight excluding hydrogens is 442 g/mol. The summed E-state index contributed by atoms with van der Waals surface area (Å²) in [5.74, 6) is 1.12. The molecule has 5 rings (SSSR count). The van der Waals surface area contributed by atoms with Crippen molar-refractivity contribution in [1.29, 1.82) is 0 Å². The van der Waals surface area contributed by atoms with Crippen LogP contribution in [-0.2, 0) is 22.6 Å². The summed E-state index contributed by atoms with van der Waals surface area (Å²) < 4.78 is 7.12. The van der Waals surface area contributed by atoms with Gasteiger partial charge < -0.3 is 19.5 Å². The van der Waals surface area contributed by atoms with Gasteiger partial charge >= 0.3 is 0 Å². The molecule has 0 radical (unpaired) electrons. The molecule has 35 heavy (non-hydrogen) atoms. The largest absolute Gasteiger partial charge is 0.497 e. The minimum Gasteiger partial charge on any atom is -0.497 e. The van der Waals surface area contributed by atoms with Crippen LogP contribution in [0.3, 0.4) is 0 Å². The highest BCUT2D eigenvalue weighted by Gasteiger charge is 2.37. The highest BCUT2D eigenvalue weighted by Crippen LogP contribution is 2.40. The lowest BCUT2D eigenvalue weighted by atomic mass is 9.80. The number of benzene rings is 2. The number of rotatable bonds is 5. The second kappa shape index (κ2) is 9.41. The van der Waals surface area contributed by atoms with Crippen LogP contribution < -0.4 is 15.6 Å². The summed E-state index contributed by atoms with van der Waals surface area (Å²) in [4.78, 5) is 39.3. The van der Waals surface area contributed by atoms with Gasteiger partial charge in [0.25, 0.3) is 5.56 Å². The van der Waals surface area contributed by atoms with Crippen molar-refractivity contribution in [3.8, 4) is 16.9 Å². The van der Waals surface area contributed by atoms with E-state index in [1.165, 1.54) is 6.92 Å². The van der Waals surface area contributed by atoms with Crippen LogP contribution >= 0.6 is 0 Å². The van der Waals surface area contributed by atoms with Crippen LogP contribution in [0.4, 0.5) is 5.69 Å². The fourth-order valence-electron chi connectivity index (χ4n) is 5.43. The summed E-state index contributed by atoms with van der Waals surface area (Å²) in [6.45, 7) is 3.38. The zero-order valence-electron chi connectivity index (χ0n) is 20.0. The van der Waals surface area contributed by atoms with Crippen molar-refractivity contribution in [3.63, 3.8) is 0 Å². The maximum absolute atomic E-state index is 13.2. The zero-order valence-corrected chi connectivity index (χ0v) is 20.0. The van der Waals surface area contributed by atoms with Crippen molar-refractivity contribution in [2.75, 3.05) is 25.5 Å². The molecule has 2 aliphatic rings. The minimum absolute atomic E-state index is 0.00586. The number of anilines is 1. The summed E-state index contributed by atoms with van der Waals surface area (Å²) in [6.07, 6.45) is 1.31. The fourth-order valence-corrected chi connectivity index (χ4v) is 5.43. The van der Waals surface area contributed by atoms with E-state index < -0.39 is 0 Å². The molecule has 1 fully saturated rings. The van der Waals surface area contributed by atoms with Crippen molar-refractivity contribution >= 4 is 17.5 Å². The van der Waals surface area contributed by atoms with E-state index in [1.54, 1.807) is 13.2 Å². The first-order chi connectivity index (χ1) is 16.9. The Kier molecular flexibility index (Phi) is 6.16. The molecule has 0 spiro atoms. The lowest BCUT2D eigenvalue weighted by Gasteiger charge is -2.43. The van der Waals surface area contributed by atoms with Gasteiger partial charge in [0, 0.05) is 55.5 Å². The van der Waals surface area contributed by atoms with Crippen molar-refractivity contribution < 1.29 is 14.3 Å². The average Bonchev–Trinajstić information content (AvgIpc) is 2.85. The Morgan fingerprint density at radius 1 is 0.971 bits per heavy atom. The topological polar surface area (TPSA) is 80.6 Å². The number of ether oxygens (including phenoxy) is 1. The highest BCUT2D eigenvalue weighted by molar-refractivity contribution is 5.89. The monoisotopic (exact) mass is 471 g/mol. The zero-order chi connectivity index (χ0) is 24.5. The molecule has 2 aromatic carbocycles. The minimum atomic E-state index is -0.117. The Morgan fingerprint density at radius 2 is 1.71 bits per heavy atom. The van der Waals surface area contributed by atoms with Gasteiger partial charge in [-0.3, -0.25) is 14.4 Å². The Balaban J connectivity index is 1.41. The molecule has 2 aliphatic heterocycles. The van der Waals surface area contributed by atoms with Crippen molar-refractivity contribution in [2.45, 2.75) is 32.2 Å². The molecule has 1 aromatic heterocycles. The maximum Gasteiger partial charge on any atom is 0.250 e. The van der Waals surface area contributed by atoms with Gasteiger partial charge in [0.2, 0.25) is 11.8 Å². The number of pyridine rings is 1. The second-order valence-electron chi connectivity index (χ2n) is 9.46. The van der Waals surface area contributed by atoms with Crippen LogP contribution in [0.15, 0.2) is 65.5 Å². The number of nitrogens with zero attached hydrogens (tertiary/aromatic N) is 2. The second-order valence-corrected chi connectivity index (χ2v) is 9.46. The molecule has 2 bridgehead atoms. The number of hydrogen-bond donors (Lipinski definition) is 1. The number of amides is 2. The van der Waals surface area contributed by atoms with E-state index in [9.17, 15) is 14.4 Å². The van der Waals surface area contributed by atoms with E-state index in [0.29, 0.717) is 26.1 Å². The molecule has 180 valence electrons. The SMILES string of the molecule is COc1ccc(CC(=O)N2C[C@@H]3C[C@H](C2)c2c(-c4ccc(NC(C)=O)cc4)ccc(=O)n2C3)cc1. The lowest BCUT2D eigenvalue weighted by molar-refractivity contribution is -0.133. The van der Waals surface area contributed by atoms with E-state index in [2.05, 4.69) is 5.32 Å². The van der Waals surface area contributed by atoms with Crippen LogP contribution in [-0.4, -0.2) is 41.5 Å². The van der Waals surface area contributed by atoms with Crippen LogP contribution in [0.1, 0.15) is 30.5 Å². The molecule has 7 nitrogen and oxygen atoms in total. The number of methoxy groups -OCH3 is 1. The quantitative estimate of drug-likeness (QED) is 0.616. The molecule has 0 unspecified atom stereocenters. The molecule has 1 saturated heterocycles. The van der Waals surface area contributed by atoms with E-state index >= 15 is 0 Å². The van der Waals surface area contributed by atoms with Crippen LogP contribution in [0.25, 0.3) is 11.1 Å². The molecule has 1 N–H and O–H groups in total. The maximum atomic E-state index is 13.2. The molecule has 7 heteroatoms. The first-order valence-corrected chi connectivity index (χ1v) is 11.9. The van der Waals surface area contributed by atoms with Crippen molar-refractivity contribution in [1.82, 2.24) is 9.47 Å². The van der Waals surface area contributed by atoms with E-state index in [4.69, 9.17) is 4.74 Å². The Bertz CT molecular complexity index is 1310. The average molecular weight is 472 g/mol. The third kappa shape index (κ3) is 4.71. The molecule has 3 aromatic rings. The fraction of sp³-hybridized carbons (Fsp3) is 0.321. The number of fused-ring (bicyclic) bond motifs is 4. The number of piperidine rings is 1. The standard InChI is InChI=1S/C28H29N3O4/c1-18(32)29-23-7-5-21(6-8-23)25-11-12-26(33)31-16-20-13-22(28(25)31)17-30(15-20)27(34)14-19-3-9-24(35-2)10-4-19/h3-12,20,22H,13-17H2,1-2H3,(H,29,32)/t20-,22+/m0/s1. The van der Waals surface area contributed by atoms with Crippen LogP contribution in [0, 0.1) is 5.92 Å². The van der Waals surface area contributed by atoms with Crippen molar-refractivity contribution in [2.24, 2.45) is 5.92 Å². The first kappa shape index (κ1) is 22.9. The predicted octanol–water partition coefficient (Wildman–Crippen LogP) is 3.67. The molecule has 2 atom stereocenters. The third-order valence-corrected chi connectivity index (χ3v) is 6.97. The normalized spacial score (nSPS) is 18.5. The van der Waals surface area contributed by atoms with Gasteiger partial charge in [-0.05, 0) is 53.8 Å². The summed E-state index contributed by atoms with van der Waals surface area (Å²) in [6, 6.07) is 18.8. The van der Waals surface area contributed by atoms with E-state index in [0.717, 1.165) is 40.2 Å².